The molecule has 0 aliphatic carbocycles. The van der Waals surface area contributed by atoms with Crippen molar-refractivity contribution in [3.05, 3.63) is 0 Å². The van der Waals surface area contributed by atoms with E-state index in [4.69, 9.17) is 4.74 Å². The number of hydrogen-bond acceptors (Lipinski definition) is 6. The maximum atomic E-state index is 12.2. The third-order valence-electron chi connectivity index (χ3n) is 3.48. The summed E-state index contributed by atoms with van der Waals surface area (Å²) in [7, 11) is 1.25. The Morgan fingerprint density at radius 3 is 2.42 bits per heavy atom. The van der Waals surface area contributed by atoms with E-state index in [1.807, 2.05) is 0 Å². The van der Waals surface area contributed by atoms with Crippen LogP contribution in [-0.2, 0) is 23.9 Å². The number of ether oxygens (including phenoxy) is 2. The number of likely N-dealkylation sites (tertiary alicyclic amines) is 1. The maximum absolute atomic E-state index is 12.2. The van der Waals surface area contributed by atoms with Gasteiger partial charge in [-0.25, -0.2) is 4.79 Å². The summed E-state index contributed by atoms with van der Waals surface area (Å²) in [5.74, 6) is -1.12. The van der Waals surface area contributed by atoms with Gasteiger partial charge in [0.25, 0.3) is 0 Å². The van der Waals surface area contributed by atoms with Crippen molar-refractivity contribution in [3.8, 4) is 0 Å². The molecule has 0 saturated carbocycles. The highest BCUT2D eigenvalue weighted by Crippen LogP contribution is 2.20. The number of ketones is 1. The molecule has 1 saturated heterocycles. The summed E-state index contributed by atoms with van der Waals surface area (Å²) in [6.45, 7) is 5.56. The van der Waals surface area contributed by atoms with Gasteiger partial charge in [-0.05, 0) is 33.6 Å². The van der Waals surface area contributed by atoms with Crippen LogP contribution in [0.1, 0.15) is 46.5 Å². The number of amides is 2. The fourth-order valence-electron chi connectivity index (χ4n) is 2.31. The number of rotatable bonds is 6. The zero-order chi connectivity index (χ0) is 18.3. The predicted octanol–water partition coefficient (Wildman–Crippen LogP) is 1.02. The van der Waals surface area contributed by atoms with Gasteiger partial charge in [0.15, 0.2) is 5.78 Å². The van der Waals surface area contributed by atoms with Crippen LogP contribution in [0.4, 0.5) is 4.79 Å². The standard InChI is InChI=1S/C16H26N2O6/c1-16(2,3)24-15(22)18-9-5-6-12(18)14(21)17-10-11(19)7-8-13(20)23-4/h12H,5-10H2,1-4H3,(H,17,21)/t12-/m1/s1. The quantitative estimate of drug-likeness (QED) is 0.723. The zero-order valence-corrected chi connectivity index (χ0v) is 14.7. The van der Waals surface area contributed by atoms with Crippen molar-refractivity contribution in [2.24, 2.45) is 0 Å². The first-order valence-corrected chi connectivity index (χ1v) is 8.00. The van der Waals surface area contributed by atoms with Crippen LogP contribution in [0.2, 0.25) is 0 Å². The molecular weight excluding hydrogens is 316 g/mol. The second kappa shape index (κ2) is 8.65. The van der Waals surface area contributed by atoms with Gasteiger partial charge in [0, 0.05) is 13.0 Å². The van der Waals surface area contributed by atoms with E-state index in [1.165, 1.54) is 12.0 Å². The topological polar surface area (TPSA) is 102 Å². The first-order chi connectivity index (χ1) is 11.1. The molecule has 0 spiro atoms. The highest BCUT2D eigenvalue weighted by atomic mass is 16.6. The second-order valence-corrected chi connectivity index (χ2v) is 6.66. The average Bonchev–Trinajstić information content (AvgIpc) is 2.98. The van der Waals surface area contributed by atoms with Crippen LogP contribution in [-0.4, -0.2) is 60.5 Å². The molecule has 0 bridgehead atoms. The number of carbonyl (C=O) groups is 4. The van der Waals surface area contributed by atoms with E-state index in [-0.39, 0.29) is 31.1 Å². The van der Waals surface area contributed by atoms with E-state index < -0.39 is 23.7 Å². The summed E-state index contributed by atoms with van der Waals surface area (Å²) < 4.78 is 9.74. The fourth-order valence-corrected chi connectivity index (χ4v) is 2.31. The van der Waals surface area contributed by atoms with Gasteiger partial charge in [0.05, 0.1) is 20.1 Å². The molecule has 2 amide bonds. The van der Waals surface area contributed by atoms with Crippen molar-refractivity contribution in [2.45, 2.75) is 58.1 Å². The molecular formula is C16H26N2O6. The molecule has 8 nitrogen and oxygen atoms in total. The second-order valence-electron chi connectivity index (χ2n) is 6.66. The van der Waals surface area contributed by atoms with Gasteiger partial charge in [-0.1, -0.05) is 0 Å². The van der Waals surface area contributed by atoms with Gasteiger partial charge in [-0.15, -0.1) is 0 Å². The lowest BCUT2D eigenvalue weighted by Crippen LogP contribution is -2.48. The largest absolute Gasteiger partial charge is 0.469 e. The minimum atomic E-state index is -0.634. The number of methoxy groups -OCH3 is 1. The Morgan fingerprint density at radius 2 is 1.83 bits per heavy atom. The van der Waals surface area contributed by atoms with Gasteiger partial charge >= 0.3 is 12.1 Å². The molecule has 0 aromatic rings. The Hall–Kier alpha value is -2.12. The molecule has 8 heteroatoms. The molecule has 1 heterocycles. The van der Waals surface area contributed by atoms with Crippen molar-refractivity contribution in [2.75, 3.05) is 20.2 Å². The third kappa shape index (κ3) is 6.55. The summed E-state index contributed by atoms with van der Waals surface area (Å²) in [6.07, 6.45) is 0.693. The monoisotopic (exact) mass is 342 g/mol. The van der Waals surface area contributed by atoms with Gasteiger partial charge in [0.2, 0.25) is 5.91 Å². The molecule has 0 aromatic carbocycles. The number of carbonyl (C=O) groups excluding carboxylic acids is 4. The molecule has 136 valence electrons. The lowest BCUT2D eigenvalue weighted by molar-refractivity contribution is -0.141. The van der Waals surface area contributed by atoms with Crippen LogP contribution in [0.5, 0.6) is 0 Å². The lowest BCUT2D eigenvalue weighted by atomic mass is 10.2. The highest BCUT2D eigenvalue weighted by molar-refractivity contribution is 5.91. The summed E-state index contributed by atoms with van der Waals surface area (Å²) in [4.78, 5) is 48.4. The summed E-state index contributed by atoms with van der Waals surface area (Å²) >= 11 is 0. The first kappa shape index (κ1) is 19.9. The van der Waals surface area contributed by atoms with E-state index in [0.29, 0.717) is 19.4 Å². The smallest absolute Gasteiger partial charge is 0.410 e. The van der Waals surface area contributed by atoms with E-state index in [1.54, 1.807) is 20.8 Å². The SMILES string of the molecule is COC(=O)CCC(=O)CNC(=O)[C@H]1CCCN1C(=O)OC(C)(C)C. The molecule has 1 atom stereocenters. The lowest BCUT2D eigenvalue weighted by Gasteiger charge is -2.28. The van der Waals surface area contributed by atoms with E-state index >= 15 is 0 Å². The van der Waals surface area contributed by atoms with Gasteiger partial charge in [-0.3, -0.25) is 19.3 Å². The molecule has 1 aliphatic rings. The van der Waals surface area contributed by atoms with Crippen LogP contribution < -0.4 is 5.32 Å². The Balaban J connectivity index is 2.47. The molecule has 1 aliphatic heterocycles. The van der Waals surface area contributed by atoms with E-state index in [2.05, 4.69) is 10.1 Å². The number of nitrogens with one attached hydrogen (secondary N) is 1. The third-order valence-corrected chi connectivity index (χ3v) is 3.48. The maximum Gasteiger partial charge on any atom is 0.410 e. The van der Waals surface area contributed by atoms with Gasteiger partial charge in [-0.2, -0.15) is 0 Å². The minimum absolute atomic E-state index is 0.00734. The number of esters is 1. The molecule has 0 radical (unpaired) electrons. The first-order valence-electron chi connectivity index (χ1n) is 8.00. The minimum Gasteiger partial charge on any atom is -0.469 e. The van der Waals surface area contributed by atoms with E-state index in [0.717, 1.165) is 0 Å². The normalized spacial score (nSPS) is 17.3. The van der Waals surface area contributed by atoms with E-state index in [9.17, 15) is 19.2 Å². The summed E-state index contributed by atoms with van der Waals surface area (Å²) in [5.41, 5.74) is -0.634. The Labute approximate surface area is 141 Å². The molecule has 0 unspecified atom stereocenters. The fraction of sp³-hybridized carbons (Fsp3) is 0.750. The molecule has 1 fully saturated rings. The molecule has 24 heavy (non-hydrogen) atoms. The van der Waals surface area contributed by atoms with Crippen LogP contribution in [0, 0.1) is 0 Å². The molecule has 1 N–H and O–H groups in total. The van der Waals surface area contributed by atoms with Crippen molar-refractivity contribution in [1.82, 2.24) is 10.2 Å². The zero-order valence-electron chi connectivity index (χ0n) is 14.7. The van der Waals surface area contributed by atoms with Crippen LogP contribution >= 0.6 is 0 Å². The molecule has 1 rings (SSSR count). The van der Waals surface area contributed by atoms with Crippen molar-refractivity contribution in [3.63, 3.8) is 0 Å². The average molecular weight is 342 g/mol. The summed E-state index contributed by atoms with van der Waals surface area (Å²) in [6, 6.07) is -0.631. The van der Waals surface area contributed by atoms with Crippen LogP contribution in [0.25, 0.3) is 0 Å². The van der Waals surface area contributed by atoms with Gasteiger partial charge < -0.3 is 14.8 Å². The number of hydrogen-bond donors (Lipinski definition) is 1. The molecule has 0 aromatic heterocycles. The van der Waals surface area contributed by atoms with Crippen LogP contribution in [0.15, 0.2) is 0 Å². The number of nitrogens with zero attached hydrogens (tertiary/aromatic N) is 1. The van der Waals surface area contributed by atoms with Crippen molar-refractivity contribution < 1.29 is 28.7 Å². The van der Waals surface area contributed by atoms with Crippen LogP contribution in [0.3, 0.4) is 0 Å². The summed E-state index contributed by atoms with van der Waals surface area (Å²) in [5, 5.41) is 2.52. The number of Topliss-reactive ketones (excluding diaryl/α,β-unsaturated/α-hetero) is 1. The predicted molar refractivity (Wildman–Crippen MR) is 85.2 cm³/mol. The Kier molecular flexibility index (Phi) is 7.18. The van der Waals surface area contributed by atoms with Crippen molar-refractivity contribution in [1.29, 1.82) is 0 Å². The van der Waals surface area contributed by atoms with Crippen molar-refractivity contribution >= 4 is 23.8 Å². The Bertz CT molecular complexity index is 497. The van der Waals surface area contributed by atoms with Gasteiger partial charge in [0.1, 0.15) is 11.6 Å². The Morgan fingerprint density at radius 1 is 1.17 bits per heavy atom. The highest BCUT2D eigenvalue weighted by Gasteiger charge is 2.36.